The Morgan fingerprint density at radius 3 is 2.70 bits per heavy atom. The van der Waals surface area contributed by atoms with Gasteiger partial charge >= 0.3 is 0 Å². The van der Waals surface area contributed by atoms with E-state index >= 15 is 4.39 Å². The van der Waals surface area contributed by atoms with Gasteiger partial charge in [0.15, 0.2) is 11.6 Å². The van der Waals surface area contributed by atoms with Crippen LogP contribution in [0.2, 0.25) is 0 Å². The molecule has 1 amide bonds. The second-order valence-corrected chi connectivity index (χ2v) is 9.08. The van der Waals surface area contributed by atoms with Crippen LogP contribution in [-0.2, 0) is 0 Å². The van der Waals surface area contributed by atoms with Crippen molar-refractivity contribution in [2.24, 2.45) is 11.7 Å². The van der Waals surface area contributed by atoms with E-state index in [2.05, 4.69) is 21.9 Å². The molecule has 37 heavy (non-hydrogen) atoms. The van der Waals surface area contributed by atoms with Crippen LogP contribution in [-0.4, -0.2) is 39.7 Å². The number of nitrogens with zero attached hydrogens (tertiary/aromatic N) is 2. The lowest BCUT2D eigenvalue weighted by atomic mass is 9.74. The Morgan fingerprint density at radius 1 is 1.22 bits per heavy atom. The number of carbonyl (C=O) groups excluding carboxylic acids is 1. The molecule has 2 aromatic heterocycles. The first-order valence-electron chi connectivity index (χ1n) is 11.8. The monoisotopic (exact) mass is 512 g/mol. The Morgan fingerprint density at radius 2 is 1.97 bits per heavy atom. The lowest BCUT2D eigenvalue weighted by molar-refractivity contribution is 0.0521. The molecule has 1 saturated carbocycles. The fourth-order valence-corrected chi connectivity index (χ4v) is 4.63. The number of amides is 1. The summed E-state index contributed by atoms with van der Waals surface area (Å²) in [6.45, 7) is 5.34. The van der Waals surface area contributed by atoms with Gasteiger partial charge in [-0.1, -0.05) is 19.6 Å². The zero-order valence-corrected chi connectivity index (χ0v) is 20.1. The predicted octanol–water partition coefficient (Wildman–Crippen LogP) is 4.58. The van der Waals surface area contributed by atoms with Crippen molar-refractivity contribution in [3.63, 3.8) is 0 Å². The molecule has 1 fully saturated rings. The quantitative estimate of drug-likeness (QED) is 0.400. The molecule has 0 spiro atoms. The number of aliphatic hydroxyl groups is 1. The zero-order valence-electron chi connectivity index (χ0n) is 20.1. The van der Waals surface area contributed by atoms with E-state index in [0.717, 1.165) is 29.8 Å². The first kappa shape index (κ1) is 26.3. The second kappa shape index (κ2) is 11.1. The molecular formula is C27H27F3N4O3. The van der Waals surface area contributed by atoms with Crippen LogP contribution in [0.5, 0.6) is 5.75 Å². The van der Waals surface area contributed by atoms with Crippen LogP contribution < -0.4 is 15.8 Å². The summed E-state index contributed by atoms with van der Waals surface area (Å²) in [5.41, 5.74) is 5.62. The van der Waals surface area contributed by atoms with E-state index in [4.69, 9.17) is 10.5 Å². The number of aromatic nitrogens is 2. The summed E-state index contributed by atoms with van der Waals surface area (Å²) in [6, 6.07) is 5.39. The van der Waals surface area contributed by atoms with E-state index in [9.17, 15) is 18.7 Å². The molecule has 0 bridgehead atoms. The van der Waals surface area contributed by atoms with E-state index in [0.29, 0.717) is 18.5 Å². The summed E-state index contributed by atoms with van der Waals surface area (Å²) in [7, 11) is 0. The number of benzene rings is 1. The highest BCUT2D eigenvalue weighted by Crippen LogP contribution is 2.39. The van der Waals surface area contributed by atoms with Crippen molar-refractivity contribution in [2.45, 2.75) is 37.8 Å². The number of nitrogens with two attached hydrogens (primary N) is 1. The number of halogens is 3. The predicted molar refractivity (Wildman–Crippen MR) is 133 cm³/mol. The van der Waals surface area contributed by atoms with Crippen LogP contribution >= 0.6 is 0 Å². The molecular weight excluding hydrogens is 485 g/mol. The molecule has 2 heterocycles. The van der Waals surface area contributed by atoms with Gasteiger partial charge in [-0.25, -0.2) is 18.2 Å². The van der Waals surface area contributed by atoms with Crippen LogP contribution in [0.15, 0.2) is 55.4 Å². The molecule has 1 aliphatic rings. The molecule has 194 valence electrons. The van der Waals surface area contributed by atoms with Crippen molar-refractivity contribution in [3.8, 4) is 17.0 Å². The third-order valence-corrected chi connectivity index (χ3v) is 6.51. The molecule has 4 atom stereocenters. The Bertz CT molecular complexity index is 1310. The van der Waals surface area contributed by atoms with Crippen molar-refractivity contribution in [2.75, 3.05) is 11.9 Å². The highest BCUT2D eigenvalue weighted by Gasteiger charge is 2.34. The van der Waals surface area contributed by atoms with Crippen LogP contribution in [0.4, 0.5) is 18.9 Å². The number of aliphatic hydroxyl groups excluding tert-OH is 1. The van der Waals surface area contributed by atoms with E-state index in [1.165, 1.54) is 12.3 Å². The summed E-state index contributed by atoms with van der Waals surface area (Å²) in [5, 5.41) is 12.9. The first-order valence-corrected chi connectivity index (χ1v) is 11.8. The molecule has 4 N–H and O–H groups in total. The Hall–Kier alpha value is -3.76. The number of carbonyl (C=O) groups is 1. The largest absolute Gasteiger partial charge is 0.486 e. The first-order chi connectivity index (χ1) is 17.7. The number of hydrogen-bond acceptors (Lipinski definition) is 6. The van der Waals surface area contributed by atoms with Gasteiger partial charge in [-0.05, 0) is 60.6 Å². The third kappa shape index (κ3) is 5.50. The minimum Gasteiger partial charge on any atom is -0.486 e. The lowest BCUT2D eigenvalue weighted by Gasteiger charge is -2.36. The maximum atomic E-state index is 15.0. The lowest BCUT2D eigenvalue weighted by Crippen LogP contribution is -2.44. The van der Waals surface area contributed by atoms with Crippen LogP contribution in [0.25, 0.3) is 11.3 Å². The smallest absolute Gasteiger partial charge is 0.274 e. The van der Waals surface area contributed by atoms with Crippen LogP contribution in [0, 0.1) is 23.4 Å². The van der Waals surface area contributed by atoms with Gasteiger partial charge in [0.05, 0.1) is 23.6 Å². The van der Waals surface area contributed by atoms with Gasteiger partial charge in [0.2, 0.25) is 0 Å². The summed E-state index contributed by atoms with van der Waals surface area (Å²) in [5.74, 6) is -4.33. The topological polar surface area (TPSA) is 110 Å². The van der Waals surface area contributed by atoms with Crippen molar-refractivity contribution >= 4 is 11.6 Å². The van der Waals surface area contributed by atoms with Crippen LogP contribution in [0.1, 0.15) is 41.7 Å². The molecule has 1 aliphatic carbocycles. The second-order valence-electron chi connectivity index (χ2n) is 9.08. The van der Waals surface area contributed by atoms with Crippen molar-refractivity contribution in [1.82, 2.24) is 9.97 Å². The number of pyridine rings is 2. The average molecular weight is 513 g/mol. The Kier molecular flexibility index (Phi) is 7.89. The number of hydrogen-bond donors (Lipinski definition) is 3. The van der Waals surface area contributed by atoms with Gasteiger partial charge in [-0.15, -0.1) is 0 Å². The van der Waals surface area contributed by atoms with Crippen LogP contribution in [0.3, 0.4) is 0 Å². The summed E-state index contributed by atoms with van der Waals surface area (Å²) >= 11 is 0. The van der Waals surface area contributed by atoms with E-state index in [1.807, 2.05) is 6.92 Å². The maximum Gasteiger partial charge on any atom is 0.274 e. The molecule has 7 nitrogen and oxygen atoms in total. The molecule has 0 radical (unpaired) electrons. The Labute approximate surface area is 212 Å². The van der Waals surface area contributed by atoms with Gasteiger partial charge in [-0.2, -0.15) is 0 Å². The van der Waals surface area contributed by atoms with E-state index < -0.39 is 46.8 Å². The highest BCUT2D eigenvalue weighted by atomic mass is 19.1. The van der Waals surface area contributed by atoms with Gasteiger partial charge in [-0.3, -0.25) is 9.78 Å². The number of ether oxygens (including phenoxy) is 1. The minimum atomic E-state index is -1.15. The minimum absolute atomic E-state index is 0.0371. The summed E-state index contributed by atoms with van der Waals surface area (Å²) in [4.78, 5) is 21.1. The van der Waals surface area contributed by atoms with Gasteiger partial charge < -0.3 is 20.9 Å². The fraction of sp³-hybridized carbons (Fsp3) is 0.296. The van der Waals surface area contributed by atoms with Gasteiger partial charge in [0, 0.05) is 12.2 Å². The summed E-state index contributed by atoms with van der Waals surface area (Å²) in [6.07, 6.45) is 5.00. The van der Waals surface area contributed by atoms with Gasteiger partial charge in [0.25, 0.3) is 5.91 Å². The SMILES string of the molecule is C=CCOc1ccc(F)c(-c2nc(C(=O)Nc3cnccc3[C@H]3C[C@@H](N)[C@H](O)[C@@H](C)C3)ccc2F)c1F. The third-order valence-electron chi connectivity index (χ3n) is 6.51. The fourth-order valence-electron chi connectivity index (χ4n) is 4.63. The molecule has 10 heteroatoms. The molecule has 0 saturated heterocycles. The van der Waals surface area contributed by atoms with Gasteiger partial charge in [0.1, 0.15) is 29.6 Å². The highest BCUT2D eigenvalue weighted by molar-refractivity contribution is 6.03. The van der Waals surface area contributed by atoms with Crippen molar-refractivity contribution < 1.29 is 27.8 Å². The molecule has 0 aliphatic heterocycles. The maximum absolute atomic E-state index is 15.0. The van der Waals surface area contributed by atoms with E-state index in [-0.39, 0.29) is 29.9 Å². The zero-order chi connectivity index (χ0) is 26.7. The molecule has 0 unspecified atom stereocenters. The van der Waals surface area contributed by atoms with Crippen molar-refractivity contribution in [1.29, 1.82) is 0 Å². The normalized spacial score (nSPS) is 21.4. The number of nitrogens with one attached hydrogen (secondary N) is 1. The standard InChI is InChI=1S/C27H27F3N4O3/c1-3-10-37-22-7-5-17(28)23(24(22)30)25-18(29)4-6-20(33-25)27(36)34-21-13-32-9-8-16(21)15-11-14(2)26(35)19(31)12-15/h3-9,13-15,19,26,35H,1,10-12,31H2,2H3,(H,34,36)/t14-,15+,19+,26+/m0/s1. The number of rotatable bonds is 7. The van der Waals surface area contributed by atoms with Crippen molar-refractivity contribution in [3.05, 3.63) is 84.1 Å². The van der Waals surface area contributed by atoms with E-state index in [1.54, 1.807) is 12.3 Å². The molecule has 4 rings (SSSR count). The summed E-state index contributed by atoms with van der Waals surface area (Å²) < 4.78 is 49.4. The number of anilines is 1. The Balaban J connectivity index is 1.64. The molecule has 1 aromatic carbocycles. The average Bonchev–Trinajstić information content (AvgIpc) is 2.88. The molecule has 3 aromatic rings.